The molecule has 0 saturated carbocycles. The highest BCUT2D eigenvalue weighted by atomic mass is 16.5. The number of anilines is 3. The molecular formula is C26H31N5O4. The van der Waals surface area contributed by atoms with Crippen LogP contribution in [0.25, 0.3) is 0 Å². The molecule has 0 radical (unpaired) electrons. The Kier molecular flexibility index (Phi) is 7.36. The second-order valence-electron chi connectivity index (χ2n) is 8.58. The third-order valence-electron chi connectivity index (χ3n) is 6.31. The molecule has 3 aromatic rings. The highest BCUT2D eigenvalue weighted by Crippen LogP contribution is 2.26. The van der Waals surface area contributed by atoms with Crippen LogP contribution < -0.4 is 26.8 Å². The Labute approximate surface area is 203 Å². The minimum Gasteiger partial charge on any atom is -0.383 e. The molecule has 1 aliphatic heterocycles. The maximum Gasteiger partial charge on any atom is 0.330 e. The lowest BCUT2D eigenvalue weighted by atomic mass is 9.99. The Morgan fingerprint density at radius 1 is 1.11 bits per heavy atom. The zero-order valence-electron chi connectivity index (χ0n) is 20.1. The Morgan fingerprint density at radius 2 is 1.83 bits per heavy atom. The second kappa shape index (κ2) is 10.6. The largest absolute Gasteiger partial charge is 0.383 e. The number of carbonyl (C=O) groups excluding carboxylic acids is 1. The first-order chi connectivity index (χ1) is 16.9. The number of hydrogen-bond acceptors (Lipinski definition) is 6. The number of hydrogen-bond donors (Lipinski definition) is 2. The van der Waals surface area contributed by atoms with Crippen LogP contribution in [-0.2, 0) is 24.2 Å². The molecule has 1 aliphatic rings. The predicted octanol–water partition coefficient (Wildman–Crippen LogP) is 2.38. The predicted molar refractivity (Wildman–Crippen MR) is 137 cm³/mol. The van der Waals surface area contributed by atoms with Gasteiger partial charge in [0.2, 0.25) is 0 Å². The van der Waals surface area contributed by atoms with E-state index in [1.807, 2.05) is 19.1 Å². The van der Waals surface area contributed by atoms with Crippen LogP contribution in [0.3, 0.4) is 0 Å². The van der Waals surface area contributed by atoms with Gasteiger partial charge in [-0.25, -0.2) is 4.79 Å². The maximum atomic E-state index is 13.5. The van der Waals surface area contributed by atoms with Crippen LogP contribution >= 0.6 is 0 Å². The van der Waals surface area contributed by atoms with E-state index in [0.717, 1.165) is 25.2 Å². The number of nitrogens with zero attached hydrogens (tertiary/aromatic N) is 3. The zero-order valence-corrected chi connectivity index (χ0v) is 20.1. The standard InChI is InChI=1S/C26H31N5O4/c1-3-13-31-23(27)22(24(32)28-26(31)34)30(15-16-35-2)25(33)19-8-10-21(11-9-19)29-14-12-18-6-4-5-7-20(18)17-29/h4-11H,3,12-17,27H2,1-2H3,(H,28,32,34). The van der Waals surface area contributed by atoms with E-state index in [0.29, 0.717) is 18.5 Å². The summed E-state index contributed by atoms with van der Waals surface area (Å²) >= 11 is 0. The fraction of sp³-hybridized carbons (Fsp3) is 0.346. The molecule has 0 bridgehead atoms. The number of nitrogens with one attached hydrogen (secondary N) is 1. The molecule has 2 aromatic carbocycles. The van der Waals surface area contributed by atoms with Crippen LogP contribution in [0.1, 0.15) is 34.8 Å². The van der Waals surface area contributed by atoms with Crippen molar-refractivity contribution < 1.29 is 9.53 Å². The van der Waals surface area contributed by atoms with Gasteiger partial charge in [0.1, 0.15) is 5.82 Å². The number of methoxy groups -OCH3 is 1. The summed E-state index contributed by atoms with van der Waals surface area (Å²) < 4.78 is 6.44. The molecule has 3 N–H and O–H groups in total. The highest BCUT2D eigenvalue weighted by Gasteiger charge is 2.25. The Balaban J connectivity index is 1.63. The summed E-state index contributed by atoms with van der Waals surface area (Å²) in [7, 11) is 1.51. The Morgan fingerprint density at radius 3 is 2.51 bits per heavy atom. The van der Waals surface area contributed by atoms with Gasteiger partial charge in [-0.3, -0.25) is 24.0 Å². The van der Waals surface area contributed by atoms with E-state index < -0.39 is 17.2 Å². The smallest absolute Gasteiger partial charge is 0.330 e. The van der Waals surface area contributed by atoms with Crippen molar-refractivity contribution in [2.24, 2.45) is 0 Å². The summed E-state index contributed by atoms with van der Waals surface area (Å²) in [6.07, 6.45) is 1.61. The molecule has 1 aromatic heterocycles. The van der Waals surface area contributed by atoms with Crippen LogP contribution in [0, 0.1) is 0 Å². The molecule has 184 valence electrons. The molecule has 9 heteroatoms. The first-order valence-electron chi connectivity index (χ1n) is 11.8. The molecule has 0 spiro atoms. The maximum absolute atomic E-state index is 13.5. The fourth-order valence-corrected chi connectivity index (χ4v) is 4.47. The number of carbonyl (C=O) groups is 1. The van der Waals surface area contributed by atoms with E-state index >= 15 is 0 Å². The molecule has 9 nitrogen and oxygen atoms in total. The summed E-state index contributed by atoms with van der Waals surface area (Å²) in [4.78, 5) is 44.3. The third kappa shape index (κ3) is 5.00. The SMILES string of the molecule is CCCn1c(N)c(N(CCOC)C(=O)c2ccc(N3CCc4ccccc4C3)cc2)c(=O)[nH]c1=O. The van der Waals surface area contributed by atoms with Gasteiger partial charge in [0, 0.05) is 44.5 Å². The number of nitrogens with two attached hydrogens (primary N) is 1. The van der Waals surface area contributed by atoms with Crippen LogP contribution in [-0.4, -0.2) is 42.3 Å². The Bertz CT molecular complexity index is 1310. The molecule has 1 amide bonds. The second-order valence-corrected chi connectivity index (χ2v) is 8.58. The molecule has 0 atom stereocenters. The third-order valence-corrected chi connectivity index (χ3v) is 6.31. The average molecular weight is 478 g/mol. The van der Waals surface area contributed by atoms with Gasteiger partial charge in [-0.05, 0) is 48.2 Å². The number of aromatic amines is 1. The first-order valence-corrected chi connectivity index (χ1v) is 11.8. The van der Waals surface area contributed by atoms with Gasteiger partial charge >= 0.3 is 5.69 Å². The average Bonchev–Trinajstić information content (AvgIpc) is 2.87. The van der Waals surface area contributed by atoms with Crippen molar-refractivity contribution in [3.63, 3.8) is 0 Å². The minimum absolute atomic E-state index is 0.0337. The lowest BCUT2D eigenvalue weighted by Crippen LogP contribution is -2.42. The molecule has 2 heterocycles. The molecule has 4 rings (SSSR count). The topological polar surface area (TPSA) is 114 Å². The number of benzene rings is 2. The molecule has 35 heavy (non-hydrogen) atoms. The van der Waals surface area contributed by atoms with Crippen molar-refractivity contribution in [3.8, 4) is 0 Å². The van der Waals surface area contributed by atoms with Gasteiger partial charge in [-0.15, -0.1) is 0 Å². The normalized spacial score (nSPS) is 12.9. The highest BCUT2D eigenvalue weighted by molar-refractivity contribution is 6.07. The minimum atomic E-state index is -0.701. The van der Waals surface area contributed by atoms with Gasteiger partial charge in [0.05, 0.1) is 6.61 Å². The Hall–Kier alpha value is -3.85. The van der Waals surface area contributed by atoms with E-state index in [-0.39, 0.29) is 24.7 Å². The van der Waals surface area contributed by atoms with Crippen molar-refractivity contribution in [1.82, 2.24) is 9.55 Å². The molecule has 0 fully saturated rings. The number of aromatic nitrogens is 2. The first kappa shape index (κ1) is 24.3. The summed E-state index contributed by atoms with van der Waals surface area (Å²) in [5.74, 6) is -0.426. The number of H-pyrrole nitrogens is 1. The lowest BCUT2D eigenvalue weighted by molar-refractivity contribution is 0.0975. The number of rotatable bonds is 8. The summed E-state index contributed by atoms with van der Waals surface area (Å²) in [6, 6.07) is 15.8. The van der Waals surface area contributed by atoms with Crippen LogP contribution in [0.15, 0.2) is 58.1 Å². The van der Waals surface area contributed by atoms with Gasteiger partial charge in [-0.1, -0.05) is 31.2 Å². The van der Waals surface area contributed by atoms with Crippen molar-refractivity contribution in [1.29, 1.82) is 0 Å². The van der Waals surface area contributed by atoms with E-state index in [4.69, 9.17) is 10.5 Å². The van der Waals surface area contributed by atoms with Gasteiger partial charge in [0.25, 0.3) is 11.5 Å². The monoisotopic (exact) mass is 477 g/mol. The van der Waals surface area contributed by atoms with Gasteiger partial charge in [-0.2, -0.15) is 0 Å². The van der Waals surface area contributed by atoms with E-state index in [1.165, 1.54) is 27.7 Å². The molecule has 0 aliphatic carbocycles. The molecular weight excluding hydrogens is 446 g/mol. The zero-order chi connectivity index (χ0) is 24.9. The quantitative estimate of drug-likeness (QED) is 0.515. The fourth-order valence-electron chi connectivity index (χ4n) is 4.47. The van der Waals surface area contributed by atoms with Gasteiger partial charge in [0.15, 0.2) is 5.69 Å². The van der Waals surface area contributed by atoms with Gasteiger partial charge < -0.3 is 15.4 Å². The van der Waals surface area contributed by atoms with E-state index in [2.05, 4.69) is 34.1 Å². The van der Waals surface area contributed by atoms with Crippen molar-refractivity contribution >= 4 is 23.1 Å². The summed E-state index contributed by atoms with van der Waals surface area (Å²) in [5.41, 5.74) is 9.00. The van der Waals surface area contributed by atoms with E-state index in [1.54, 1.807) is 12.1 Å². The van der Waals surface area contributed by atoms with Crippen molar-refractivity contribution in [3.05, 3.63) is 86.1 Å². The number of ether oxygens (including phenoxy) is 1. The molecule has 0 saturated heterocycles. The number of fused-ring (bicyclic) bond motifs is 1. The lowest BCUT2D eigenvalue weighted by Gasteiger charge is -2.31. The number of nitrogen functional groups attached to an aromatic ring is 1. The number of amides is 1. The van der Waals surface area contributed by atoms with E-state index in [9.17, 15) is 14.4 Å². The molecule has 0 unspecified atom stereocenters. The summed E-state index contributed by atoms with van der Waals surface area (Å²) in [5, 5.41) is 0. The van der Waals surface area contributed by atoms with Crippen LogP contribution in [0.2, 0.25) is 0 Å². The van der Waals surface area contributed by atoms with Crippen molar-refractivity contribution in [2.45, 2.75) is 32.9 Å². The van der Waals surface area contributed by atoms with Crippen LogP contribution in [0.4, 0.5) is 17.2 Å². The van der Waals surface area contributed by atoms with Crippen molar-refractivity contribution in [2.75, 3.05) is 42.3 Å². The van der Waals surface area contributed by atoms with Crippen LogP contribution in [0.5, 0.6) is 0 Å². The summed E-state index contributed by atoms with van der Waals surface area (Å²) in [6.45, 7) is 4.24.